The molecule has 0 aromatic rings. The Bertz CT molecular complexity index is 132. The molecule has 0 aromatic heterocycles. The molecule has 11 heavy (non-hydrogen) atoms. The first-order valence-corrected chi connectivity index (χ1v) is 4.40. The van der Waals surface area contributed by atoms with Crippen LogP contribution in [0.4, 0.5) is 0 Å². The number of aliphatic hydroxyl groups is 1. The zero-order chi connectivity index (χ0) is 8.48. The van der Waals surface area contributed by atoms with E-state index in [0.717, 1.165) is 19.4 Å². The van der Waals surface area contributed by atoms with Crippen molar-refractivity contribution in [2.24, 2.45) is 5.92 Å². The van der Waals surface area contributed by atoms with E-state index in [4.69, 9.17) is 4.74 Å². The van der Waals surface area contributed by atoms with Crippen LogP contribution in [0.2, 0.25) is 0 Å². The van der Waals surface area contributed by atoms with E-state index in [1.165, 1.54) is 0 Å². The van der Waals surface area contributed by atoms with E-state index < -0.39 is 0 Å². The molecule has 1 aliphatic heterocycles. The van der Waals surface area contributed by atoms with E-state index in [1.54, 1.807) is 0 Å². The molecule has 1 heterocycles. The van der Waals surface area contributed by atoms with Crippen LogP contribution < -0.4 is 0 Å². The maximum Gasteiger partial charge on any atom is 0.0680 e. The first-order valence-electron chi connectivity index (χ1n) is 4.40. The molecule has 1 aliphatic rings. The van der Waals surface area contributed by atoms with Crippen molar-refractivity contribution in [1.29, 1.82) is 0 Å². The van der Waals surface area contributed by atoms with Crippen LogP contribution >= 0.6 is 0 Å². The van der Waals surface area contributed by atoms with Crippen LogP contribution in [0.5, 0.6) is 0 Å². The van der Waals surface area contributed by atoms with Crippen molar-refractivity contribution in [3.8, 4) is 0 Å². The maximum absolute atomic E-state index is 9.61. The Balaban J connectivity index is 2.57. The molecule has 1 fully saturated rings. The molecule has 0 bridgehead atoms. The van der Waals surface area contributed by atoms with Crippen molar-refractivity contribution in [3.05, 3.63) is 0 Å². The number of rotatable bonds is 2. The van der Waals surface area contributed by atoms with E-state index in [1.807, 2.05) is 6.92 Å². The van der Waals surface area contributed by atoms with Gasteiger partial charge >= 0.3 is 0 Å². The minimum atomic E-state index is -0.188. The predicted molar refractivity (Wildman–Crippen MR) is 44.4 cm³/mol. The van der Waals surface area contributed by atoms with E-state index in [-0.39, 0.29) is 11.7 Å². The smallest absolute Gasteiger partial charge is 0.0680 e. The summed E-state index contributed by atoms with van der Waals surface area (Å²) >= 11 is 0. The third-order valence-corrected chi connectivity index (χ3v) is 2.68. The summed E-state index contributed by atoms with van der Waals surface area (Å²) in [6.45, 7) is 6.93. The number of ether oxygens (including phenoxy) is 1. The summed E-state index contributed by atoms with van der Waals surface area (Å²) in [5.41, 5.74) is -0.116. The fourth-order valence-corrected chi connectivity index (χ4v) is 1.84. The summed E-state index contributed by atoms with van der Waals surface area (Å²) in [6, 6.07) is 0. The largest absolute Gasteiger partial charge is 0.393 e. The lowest BCUT2D eigenvalue weighted by molar-refractivity contribution is -0.0301. The van der Waals surface area contributed by atoms with Gasteiger partial charge in [0, 0.05) is 12.5 Å². The molecule has 0 spiro atoms. The molecule has 0 radical (unpaired) electrons. The van der Waals surface area contributed by atoms with Crippen LogP contribution in [0.15, 0.2) is 0 Å². The Morgan fingerprint density at radius 1 is 1.64 bits per heavy atom. The Labute approximate surface area is 68.6 Å². The number of aliphatic hydroxyl groups excluding tert-OH is 1. The summed E-state index contributed by atoms with van der Waals surface area (Å²) < 4.78 is 5.52. The van der Waals surface area contributed by atoms with Gasteiger partial charge in [0.1, 0.15) is 0 Å². The second-order valence-electron chi connectivity index (χ2n) is 3.82. The molecule has 1 N–H and O–H groups in total. The van der Waals surface area contributed by atoms with Gasteiger partial charge in [-0.25, -0.2) is 0 Å². The summed E-state index contributed by atoms with van der Waals surface area (Å²) in [6.07, 6.45) is 1.65. The van der Waals surface area contributed by atoms with Gasteiger partial charge in [0.05, 0.1) is 11.7 Å². The lowest BCUT2D eigenvalue weighted by atomic mass is 9.85. The third-order valence-electron chi connectivity index (χ3n) is 2.68. The van der Waals surface area contributed by atoms with Gasteiger partial charge in [-0.3, -0.25) is 0 Å². The van der Waals surface area contributed by atoms with Crippen molar-refractivity contribution in [3.63, 3.8) is 0 Å². The fourth-order valence-electron chi connectivity index (χ4n) is 1.84. The van der Waals surface area contributed by atoms with Crippen molar-refractivity contribution in [1.82, 2.24) is 0 Å². The SMILES string of the molecule is CCC(O)C1CCOC1(C)C. The van der Waals surface area contributed by atoms with Gasteiger partial charge in [0.2, 0.25) is 0 Å². The highest BCUT2D eigenvalue weighted by Gasteiger charge is 2.39. The first-order chi connectivity index (χ1) is 5.08. The van der Waals surface area contributed by atoms with Crippen molar-refractivity contribution >= 4 is 0 Å². The third kappa shape index (κ3) is 1.74. The van der Waals surface area contributed by atoms with Crippen LogP contribution in [0.1, 0.15) is 33.6 Å². The van der Waals surface area contributed by atoms with Crippen LogP contribution in [0.3, 0.4) is 0 Å². The quantitative estimate of drug-likeness (QED) is 0.661. The average molecular weight is 158 g/mol. The highest BCUT2D eigenvalue weighted by molar-refractivity contribution is 4.88. The Kier molecular flexibility index (Phi) is 2.55. The normalized spacial score (nSPS) is 32.2. The van der Waals surface area contributed by atoms with E-state index >= 15 is 0 Å². The number of hydrogen-bond donors (Lipinski definition) is 1. The lowest BCUT2D eigenvalue weighted by Crippen LogP contribution is -2.35. The molecule has 66 valence electrons. The molecule has 1 saturated heterocycles. The minimum absolute atomic E-state index is 0.116. The van der Waals surface area contributed by atoms with Gasteiger partial charge in [-0.1, -0.05) is 6.92 Å². The molecule has 0 amide bonds. The Morgan fingerprint density at radius 3 is 2.64 bits per heavy atom. The lowest BCUT2D eigenvalue weighted by Gasteiger charge is -2.29. The van der Waals surface area contributed by atoms with E-state index in [9.17, 15) is 5.11 Å². The molecular formula is C9H18O2. The van der Waals surface area contributed by atoms with Crippen molar-refractivity contribution in [2.45, 2.75) is 45.3 Å². The van der Waals surface area contributed by atoms with Gasteiger partial charge in [-0.2, -0.15) is 0 Å². The summed E-state index contributed by atoms with van der Waals surface area (Å²) in [5.74, 6) is 0.326. The van der Waals surface area contributed by atoms with E-state index in [2.05, 4.69) is 13.8 Å². The number of hydrogen-bond acceptors (Lipinski definition) is 2. The highest BCUT2D eigenvalue weighted by atomic mass is 16.5. The molecule has 2 nitrogen and oxygen atoms in total. The molecule has 0 aromatic carbocycles. The monoisotopic (exact) mass is 158 g/mol. The van der Waals surface area contributed by atoms with Gasteiger partial charge in [0.25, 0.3) is 0 Å². The highest BCUT2D eigenvalue weighted by Crippen LogP contribution is 2.34. The van der Waals surface area contributed by atoms with Crippen LogP contribution in [0.25, 0.3) is 0 Å². The topological polar surface area (TPSA) is 29.5 Å². The second kappa shape index (κ2) is 3.11. The first kappa shape index (κ1) is 9.01. The summed E-state index contributed by atoms with van der Waals surface area (Å²) in [5, 5.41) is 9.61. The average Bonchev–Trinajstić information content (AvgIpc) is 2.28. The Morgan fingerprint density at radius 2 is 2.27 bits per heavy atom. The van der Waals surface area contributed by atoms with Gasteiger partial charge in [-0.15, -0.1) is 0 Å². The molecular weight excluding hydrogens is 140 g/mol. The molecule has 2 unspecified atom stereocenters. The Hall–Kier alpha value is -0.0800. The predicted octanol–water partition coefficient (Wildman–Crippen LogP) is 1.57. The zero-order valence-electron chi connectivity index (χ0n) is 7.63. The molecule has 2 atom stereocenters. The van der Waals surface area contributed by atoms with E-state index in [0.29, 0.717) is 5.92 Å². The maximum atomic E-state index is 9.61. The van der Waals surface area contributed by atoms with Crippen molar-refractivity contribution < 1.29 is 9.84 Å². The van der Waals surface area contributed by atoms with Crippen LogP contribution in [-0.2, 0) is 4.74 Å². The van der Waals surface area contributed by atoms with Crippen LogP contribution in [0, 0.1) is 5.92 Å². The zero-order valence-corrected chi connectivity index (χ0v) is 7.63. The molecule has 2 heteroatoms. The molecule has 1 rings (SSSR count). The molecule has 0 saturated carbocycles. The van der Waals surface area contributed by atoms with Gasteiger partial charge in [0.15, 0.2) is 0 Å². The summed E-state index contributed by atoms with van der Waals surface area (Å²) in [4.78, 5) is 0. The van der Waals surface area contributed by atoms with Gasteiger partial charge < -0.3 is 9.84 Å². The molecule has 0 aliphatic carbocycles. The second-order valence-corrected chi connectivity index (χ2v) is 3.82. The fraction of sp³-hybridized carbons (Fsp3) is 1.00. The standard InChI is InChI=1S/C9H18O2/c1-4-8(10)7-5-6-11-9(7,2)3/h7-8,10H,4-6H2,1-3H3. The van der Waals surface area contributed by atoms with Crippen molar-refractivity contribution in [2.75, 3.05) is 6.61 Å². The summed E-state index contributed by atoms with van der Waals surface area (Å²) in [7, 11) is 0. The minimum Gasteiger partial charge on any atom is -0.393 e. The van der Waals surface area contributed by atoms with Gasteiger partial charge in [-0.05, 0) is 26.7 Å². The van der Waals surface area contributed by atoms with Crippen LogP contribution in [-0.4, -0.2) is 23.4 Å².